The molecule has 1 aromatic carbocycles. The minimum atomic E-state index is 0.0288. The van der Waals surface area contributed by atoms with Gasteiger partial charge in [0.05, 0.1) is 18.4 Å². The molecule has 5 nitrogen and oxygen atoms in total. The van der Waals surface area contributed by atoms with Crippen molar-refractivity contribution in [1.82, 2.24) is 9.97 Å². The van der Waals surface area contributed by atoms with Gasteiger partial charge in [-0.2, -0.15) is 10.2 Å². The van der Waals surface area contributed by atoms with Gasteiger partial charge in [-0.3, -0.25) is 0 Å². The molecule has 24 heavy (non-hydrogen) atoms. The lowest BCUT2D eigenvalue weighted by Crippen LogP contribution is -2.18. The van der Waals surface area contributed by atoms with E-state index in [1.165, 1.54) is 5.56 Å². The third-order valence-electron chi connectivity index (χ3n) is 4.52. The van der Waals surface area contributed by atoms with Gasteiger partial charge < -0.3 is 9.47 Å². The van der Waals surface area contributed by atoms with E-state index in [-0.39, 0.29) is 12.2 Å². The van der Waals surface area contributed by atoms with Crippen LogP contribution in [0.2, 0.25) is 0 Å². The van der Waals surface area contributed by atoms with Crippen molar-refractivity contribution in [3.63, 3.8) is 0 Å². The Labute approximate surface area is 141 Å². The maximum absolute atomic E-state index is 9.21. The van der Waals surface area contributed by atoms with Crippen molar-refractivity contribution >= 4 is 0 Å². The Morgan fingerprint density at radius 2 is 2.00 bits per heavy atom. The fourth-order valence-corrected chi connectivity index (χ4v) is 3.02. The summed E-state index contributed by atoms with van der Waals surface area (Å²) in [6.45, 7) is 0.416. The lowest BCUT2D eigenvalue weighted by atomic mass is 10.1. The molecule has 2 aromatic rings. The molecule has 1 aliphatic carbocycles. The normalized spacial score (nSPS) is 23.0. The lowest BCUT2D eigenvalue weighted by Gasteiger charge is -2.15. The summed E-state index contributed by atoms with van der Waals surface area (Å²) in [4.78, 5) is 8.69. The Morgan fingerprint density at radius 1 is 1.17 bits per heavy atom. The van der Waals surface area contributed by atoms with E-state index in [9.17, 15) is 5.26 Å². The Kier molecular flexibility index (Phi) is 4.14. The number of rotatable bonds is 5. The standard InChI is InChI=1S/C19H19N3O2/c20-10-15-11-21-18(14-6-7-14)22-19(15)23-12-16-8-9-17(24-16)13-4-2-1-3-5-13/h1-5,11,14,16-17H,6-9,12H2. The second-order valence-corrected chi connectivity index (χ2v) is 6.38. The van der Waals surface area contributed by atoms with Crippen LogP contribution < -0.4 is 4.74 Å². The first-order valence-electron chi connectivity index (χ1n) is 8.43. The van der Waals surface area contributed by atoms with Crippen LogP contribution in [-0.2, 0) is 4.74 Å². The van der Waals surface area contributed by atoms with Gasteiger partial charge in [-0.15, -0.1) is 0 Å². The fraction of sp³-hybridized carbons (Fsp3) is 0.421. The summed E-state index contributed by atoms with van der Waals surface area (Å²) in [7, 11) is 0. The highest BCUT2D eigenvalue weighted by molar-refractivity contribution is 5.36. The molecule has 2 fully saturated rings. The Morgan fingerprint density at radius 3 is 2.75 bits per heavy atom. The van der Waals surface area contributed by atoms with Crippen LogP contribution in [-0.4, -0.2) is 22.7 Å². The van der Waals surface area contributed by atoms with E-state index < -0.39 is 0 Å². The first-order chi connectivity index (χ1) is 11.8. The van der Waals surface area contributed by atoms with E-state index in [2.05, 4.69) is 28.2 Å². The van der Waals surface area contributed by atoms with Gasteiger partial charge in [0.2, 0.25) is 5.88 Å². The summed E-state index contributed by atoms with van der Waals surface area (Å²) in [5, 5.41) is 9.21. The van der Waals surface area contributed by atoms with Crippen LogP contribution in [0.15, 0.2) is 36.5 Å². The summed E-state index contributed by atoms with van der Waals surface area (Å²) in [6.07, 6.45) is 5.90. The molecule has 0 N–H and O–H groups in total. The van der Waals surface area contributed by atoms with Gasteiger partial charge in [0.15, 0.2) is 0 Å². The van der Waals surface area contributed by atoms with Crippen molar-refractivity contribution < 1.29 is 9.47 Å². The Balaban J connectivity index is 1.39. The predicted molar refractivity (Wildman–Crippen MR) is 87.5 cm³/mol. The molecule has 1 aliphatic heterocycles. The number of ether oxygens (including phenoxy) is 2. The number of hydrogen-bond acceptors (Lipinski definition) is 5. The SMILES string of the molecule is N#Cc1cnc(C2CC2)nc1OCC1CCC(c2ccccc2)O1. The van der Waals surface area contributed by atoms with Crippen molar-refractivity contribution in [3.8, 4) is 11.9 Å². The molecule has 0 spiro atoms. The molecule has 1 saturated carbocycles. The number of hydrogen-bond donors (Lipinski definition) is 0. The van der Waals surface area contributed by atoms with Crippen molar-refractivity contribution in [2.45, 2.75) is 43.8 Å². The Hall–Kier alpha value is -2.45. The van der Waals surface area contributed by atoms with Gasteiger partial charge in [-0.25, -0.2) is 4.98 Å². The van der Waals surface area contributed by atoms with E-state index in [0.717, 1.165) is 31.5 Å². The molecule has 2 heterocycles. The zero-order chi connectivity index (χ0) is 16.4. The molecule has 0 amide bonds. The fourth-order valence-electron chi connectivity index (χ4n) is 3.02. The van der Waals surface area contributed by atoms with Gasteiger partial charge in [-0.1, -0.05) is 30.3 Å². The van der Waals surface area contributed by atoms with E-state index in [0.29, 0.717) is 24.0 Å². The van der Waals surface area contributed by atoms with Gasteiger partial charge in [0.25, 0.3) is 0 Å². The molecule has 2 unspecified atom stereocenters. The molecule has 4 rings (SSSR count). The largest absolute Gasteiger partial charge is 0.474 e. The molecule has 2 aliphatic rings. The maximum atomic E-state index is 9.21. The minimum absolute atomic E-state index is 0.0288. The quantitative estimate of drug-likeness (QED) is 0.843. The van der Waals surface area contributed by atoms with Crippen molar-refractivity contribution in [2.24, 2.45) is 0 Å². The summed E-state index contributed by atoms with van der Waals surface area (Å²) < 4.78 is 11.9. The summed E-state index contributed by atoms with van der Waals surface area (Å²) >= 11 is 0. The van der Waals surface area contributed by atoms with Gasteiger partial charge >= 0.3 is 0 Å². The van der Waals surface area contributed by atoms with Crippen LogP contribution in [0.25, 0.3) is 0 Å². The average Bonchev–Trinajstić information content (AvgIpc) is 3.38. The van der Waals surface area contributed by atoms with Gasteiger partial charge in [0, 0.05) is 5.92 Å². The highest BCUT2D eigenvalue weighted by Gasteiger charge is 2.29. The third kappa shape index (κ3) is 3.24. The van der Waals surface area contributed by atoms with Crippen LogP contribution in [0, 0.1) is 11.3 Å². The summed E-state index contributed by atoms with van der Waals surface area (Å²) in [5.41, 5.74) is 1.59. The van der Waals surface area contributed by atoms with Crippen LogP contribution in [0.3, 0.4) is 0 Å². The van der Waals surface area contributed by atoms with E-state index in [4.69, 9.17) is 9.47 Å². The molecule has 1 aromatic heterocycles. The maximum Gasteiger partial charge on any atom is 0.235 e. The molecule has 5 heteroatoms. The van der Waals surface area contributed by atoms with Crippen molar-refractivity contribution in [3.05, 3.63) is 53.5 Å². The number of benzene rings is 1. The zero-order valence-electron chi connectivity index (χ0n) is 13.4. The van der Waals surface area contributed by atoms with Crippen LogP contribution in [0.4, 0.5) is 0 Å². The molecule has 0 bridgehead atoms. The highest BCUT2D eigenvalue weighted by Crippen LogP contribution is 2.39. The predicted octanol–water partition coefficient (Wildman–Crippen LogP) is 3.52. The molecule has 122 valence electrons. The van der Waals surface area contributed by atoms with Crippen molar-refractivity contribution in [1.29, 1.82) is 5.26 Å². The molecular formula is C19H19N3O2. The monoisotopic (exact) mass is 321 g/mol. The smallest absolute Gasteiger partial charge is 0.235 e. The molecule has 1 saturated heterocycles. The van der Waals surface area contributed by atoms with Gasteiger partial charge in [-0.05, 0) is 31.2 Å². The second-order valence-electron chi connectivity index (χ2n) is 6.38. The average molecular weight is 321 g/mol. The number of nitrogens with zero attached hydrogens (tertiary/aromatic N) is 3. The first kappa shape index (κ1) is 15.1. The lowest BCUT2D eigenvalue weighted by molar-refractivity contribution is 0.0161. The van der Waals surface area contributed by atoms with E-state index in [1.54, 1.807) is 6.20 Å². The number of aromatic nitrogens is 2. The number of nitriles is 1. The van der Waals surface area contributed by atoms with E-state index >= 15 is 0 Å². The van der Waals surface area contributed by atoms with Crippen LogP contribution >= 0.6 is 0 Å². The van der Waals surface area contributed by atoms with Crippen molar-refractivity contribution in [2.75, 3.05) is 6.61 Å². The molecule has 2 atom stereocenters. The summed E-state index contributed by atoms with van der Waals surface area (Å²) in [6, 6.07) is 12.4. The van der Waals surface area contributed by atoms with Crippen LogP contribution in [0.1, 0.15) is 54.7 Å². The first-order valence-corrected chi connectivity index (χ1v) is 8.43. The highest BCUT2D eigenvalue weighted by atomic mass is 16.5. The van der Waals surface area contributed by atoms with Gasteiger partial charge in [0.1, 0.15) is 24.1 Å². The zero-order valence-corrected chi connectivity index (χ0v) is 13.4. The summed E-state index contributed by atoms with van der Waals surface area (Å²) in [5.74, 6) is 1.62. The molecular weight excluding hydrogens is 302 g/mol. The third-order valence-corrected chi connectivity index (χ3v) is 4.52. The topological polar surface area (TPSA) is 68.0 Å². The molecule has 0 radical (unpaired) electrons. The van der Waals surface area contributed by atoms with Crippen LogP contribution in [0.5, 0.6) is 5.88 Å². The minimum Gasteiger partial charge on any atom is -0.474 e. The second kappa shape index (κ2) is 6.58. The van der Waals surface area contributed by atoms with E-state index in [1.807, 2.05) is 18.2 Å². The Bertz CT molecular complexity index is 753.